The summed E-state index contributed by atoms with van der Waals surface area (Å²) in [6.45, 7) is 0. The van der Waals surface area contributed by atoms with Crippen LogP contribution >= 0.6 is 11.8 Å². The highest BCUT2D eigenvalue weighted by molar-refractivity contribution is 7.99. The summed E-state index contributed by atoms with van der Waals surface area (Å²) < 4.78 is 39.8. The Bertz CT molecular complexity index is 857. The van der Waals surface area contributed by atoms with Crippen molar-refractivity contribution in [2.24, 2.45) is 0 Å². The molecule has 2 N–H and O–H groups in total. The van der Waals surface area contributed by atoms with Crippen LogP contribution in [0.25, 0.3) is 11.1 Å². The summed E-state index contributed by atoms with van der Waals surface area (Å²) in [6, 6.07) is 7.52. The molecule has 1 aliphatic rings. The van der Waals surface area contributed by atoms with Crippen LogP contribution in [0.15, 0.2) is 36.4 Å². The zero-order valence-electron chi connectivity index (χ0n) is 14.1. The third-order valence-electron chi connectivity index (χ3n) is 4.57. The summed E-state index contributed by atoms with van der Waals surface area (Å²) in [5.41, 5.74) is -0.541. The van der Waals surface area contributed by atoms with Crippen molar-refractivity contribution in [1.82, 2.24) is 5.32 Å². The minimum atomic E-state index is -1.54. The fraction of sp³-hybridized carbons (Fsp3) is 0.263. The highest BCUT2D eigenvalue weighted by Gasteiger charge is 2.41. The standard InChI is InChI=1S/C19H16F3NO3S/c20-14-9-13(10-15(21)16(14)22)11-1-3-12(4-2-11)17(24)23-19(18(25)26)5-7-27-8-6-19/h1-4,9-10H,5-8H2,(H,23,24)(H,25,26). The van der Waals surface area contributed by atoms with Crippen LogP contribution in [0.2, 0.25) is 0 Å². The van der Waals surface area contributed by atoms with Gasteiger partial charge in [0.05, 0.1) is 0 Å². The molecular weight excluding hydrogens is 379 g/mol. The van der Waals surface area contributed by atoms with Crippen LogP contribution in [0.1, 0.15) is 23.2 Å². The fourth-order valence-electron chi connectivity index (χ4n) is 2.94. The molecule has 0 atom stereocenters. The third kappa shape index (κ3) is 3.95. The summed E-state index contributed by atoms with van der Waals surface area (Å²) >= 11 is 1.64. The van der Waals surface area contributed by atoms with Crippen LogP contribution in [0, 0.1) is 17.5 Å². The quantitative estimate of drug-likeness (QED) is 0.772. The van der Waals surface area contributed by atoms with Gasteiger partial charge in [0.1, 0.15) is 5.54 Å². The van der Waals surface area contributed by atoms with Crippen LogP contribution in [0.5, 0.6) is 0 Å². The molecule has 1 heterocycles. The second-order valence-electron chi connectivity index (χ2n) is 6.28. The second kappa shape index (κ2) is 7.64. The Morgan fingerprint density at radius 1 is 0.963 bits per heavy atom. The van der Waals surface area contributed by atoms with E-state index in [2.05, 4.69) is 5.32 Å². The maximum atomic E-state index is 13.4. The predicted molar refractivity (Wildman–Crippen MR) is 96.1 cm³/mol. The van der Waals surface area contributed by atoms with Crippen LogP contribution < -0.4 is 5.32 Å². The molecule has 0 aliphatic carbocycles. The van der Waals surface area contributed by atoms with E-state index in [0.717, 1.165) is 12.1 Å². The number of halogens is 3. The summed E-state index contributed by atoms with van der Waals surface area (Å²) in [7, 11) is 0. The van der Waals surface area contributed by atoms with Gasteiger partial charge in [0.2, 0.25) is 0 Å². The number of hydrogen-bond acceptors (Lipinski definition) is 3. The number of thioether (sulfide) groups is 1. The van der Waals surface area contributed by atoms with Crippen molar-refractivity contribution < 1.29 is 27.9 Å². The summed E-state index contributed by atoms with van der Waals surface area (Å²) in [5, 5.41) is 12.1. The predicted octanol–water partition coefficient (Wildman–Crippen LogP) is 3.85. The number of carbonyl (C=O) groups excluding carboxylic acids is 1. The largest absolute Gasteiger partial charge is 0.480 e. The van der Waals surface area contributed by atoms with Gasteiger partial charge in [0, 0.05) is 5.56 Å². The van der Waals surface area contributed by atoms with Gasteiger partial charge in [-0.25, -0.2) is 18.0 Å². The van der Waals surface area contributed by atoms with E-state index in [4.69, 9.17) is 0 Å². The van der Waals surface area contributed by atoms with Gasteiger partial charge in [-0.2, -0.15) is 11.8 Å². The number of carboxylic acid groups (broad SMARTS) is 1. The van der Waals surface area contributed by atoms with Gasteiger partial charge in [-0.15, -0.1) is 0 Å². The lowest BCUT2D eigenvalue weighted by Gasteiger charge is -2.33. The number of amides is 1. The monoisotopic (exact) mass is 395 g/mol. The van der Waals surface area contributed by atoms with E-state index in [1.165, 1.54) is 24.3 Å². The molecule has 3 rings (SSSR count). The van der Waals surface area contributed by atoms with E-state index >= 15 is 0 Å². The minimum Gasteiger partial charge on any atom is -0.480 e. The molecular formula is C19H16F3NO3S. The minimum absolute atomic E-state index is 0.129. The van der Waals surface area contributed by atoms with E-state index in [-0.39, 0.29) is 11.1 Å². The van der Waals surface area contributed by atoms with Crippen molar-refractivity contribution in [1.29, 1.82) is 0 Å². The first-order valence-corrected chi connectivity index (χ1v) is 9.36. The molecule has 0 aromatic heterocycles. The molecule has 0 spiro atoms. The van der Waals surface area contributed by atoms with E-state index in [1.807, 2.05) is 0 Å². The number of rotatable bonds is 4. The molecule has 0 bridgehead atoms. The Hall–Kier alpha value is -2.48. The van der Waals surface area contributed by atoms with Crippen molar-refractivity contribution in [2.75, 3.05) is 11.5 Å². The van der Waals surface area contributed by atoms with Crippen molar-refractivity contribution in [3.05, 3.63) is 59.4 Å². The molecule has 1 saturated heterocycles. The number of carboxylic acids is 1. The molecule has 2 aromatic carbocycles. The van der Waals surface area contributed by atoms with Crippen molar-refractivity contribution in [2.45, 2.75) is 18.4 Å². The first-order chi connectivity index (χ1) is 12.8. The number of aliphatic carboxylic acids is 1. The Morgan fingerprint density at radius 3 is 2.04 bits per heavy atom. The molecule has 2 aromatic rings. The van der Waals surface area contributed by atoms with Gasteiger partial charge < -0.3 is 10.4 Å². The maximum absolute atomic E-state index is 13.4. The lowest BCUT2D eigenvalue weighted by molar-refractivity contribution is -0.144. The van der Waals surface area contributed by atoms with Gasteiger partial charge in [-0.1, -0.05) is 12.1 Å². The van der Waals surface area contributed by atoms with Gasteiger partial charge in [0.15, 0.2) is 17.5 Å². The average molecular weight is 395 g/mol. The Kier molecular flexibility index (Phi) is 5.46. The van der Waals surface area contributed by atoms with Crippen molar-refractivity contribution >= 4 is 23.6 Å². The highest BCUT2D eigenvalue weighted by Crippen LogP contribution is 2.28. The highest BCUT2D eigenvalue weighted by atomic mass is 32.2. The normalized spacial score (nSPS) is 16.0. The topological polar surface area (TPSA) is 66.4 Å². The lowest BCUT2D eigenvalue weighted by atomic mass is 9.91. The van der Waals surface area contributed by atoms with Gasteiger partial charge in [0.25, 0.3) is 5.91 Å². The van der Waals surface area contributed by atoms with E-state index in [0.29, 0.717) is 29.9 Å². The summed E-state index contributed by atoms with van der Waals surface area (Å²) in [6.07, 6.45) is 0.677. The van der Waals surface area contributed by atoms with Gasteiger partial charge in [-0.3, -0.25) is 4.79 Å². The molecule has 1 amide bonds. The van der Waals surface area contributed by atoms with Gasteiger partial charge in [-0.05, 0) is 59.7 Å². The maximum Gasteiger partial charge on any atom is 0.329 e. The Balaban J connectivity index is 1.80. The number of carbonyl (C=O) groups is 2. The molecule has 0 saturated carbocycles. The average Bonchev–Trinajstić information content (AvgIpc) is 2.66. The van der Waals surface area contributed by atoms with Crippen LogP contribution in [0.4, 0.5) is 13.2 Å². The zero-order chi connectivity index (χ0) is 19.6. The third-order valence-corrected chi connectivity index (χ3v) is 5.56. The molecule has 142 valence electrons. The smallest absolute Gasteiger partial charge is 0.329 e. The SMILES string of the molecule is O=C(NC1(C(=O)O)CCSCC1)c1ccc(-c2cc(F)c(F)c(F)c2)cc1. The Morgan fingerprint density at radius 2 is 1.52 bits per heavy atom. The first kappa shape index (κ1) is 19.3. The molecule has 4 nitrogen and oxygen atoms in total. The molecule has 1 aliphatic heterocycles. The molecule has 1 fully saturated rings. The summed E-state index contributed by atoms with van der Waals surface area (Å²) in [5.74, 6) is -4.45. The Labute approximate surface area is 157 Å². The molecule has 8 heteroatoms. The molecule has 27 heavy (non-hydrogen) atoms. The molecule has 0 unspecified atom stereocenters. The van der Waals surface area contributed by atoms with Crippen LogP contribution in [-0.4, -0.2) is 34.0 Å². The molecule has 0 radical (unpaired) electrons. The van der Waals surface area contributed by atoms with Gasteiger partial charge >= 0.3 is 5.97 Å². The first-order valence-electron chi connectivity index (χ1n) is 8.21. The summed E-state index contributed by atoms with van der Waals surface area (Å²) in [4.78, 5) is 24.1. The van der Waals surface area contributed by atoms with E-state index in [1.54, 1.807) is 11.8 Å². The number of benzene rings is 2. The lowest BCUT2D eigenvalue weighted by Crippen LogP contribution is -2.56. The van der Waals surface area contributed by atoms with Crippen LogP contribution in [0.3, 0.4) is 0 Å². The number of hydrogen-bond donors (Lipinski definition) is 2. The number of nitrogens with one attached hydrogen (secondary N) is 1. The van der Waals surface area contributed by atoms with Crippen molar-refractivity contribution in [3.8, 4) is 11.1 Å². The fourth-order valence-corrected chi connectivity index (χ4v) is 4.13. The van der Waals surface area contributed by atoms with E-state index in [9.17, 15) is 27.9 Å². The van der Waals surface area contributed by atoms with E-state index < -0.39 is 34.9 Å². The van der Waals surface area contributed by atoms with Crippen LogP contribution in [-0.2, 0) is 4.79 Å². The van der Waals surface area contributed by atoms with Crippen molar-refractivity contribution in [3.63, 3.8) is 0 Å². The zero-order valence-corrected chi connectivity index (χ0v) is 14.9. The second-order valence-corrected chi connectivity index (χ2v) is 7.51.